The normalized spacial score (nSPS) is 22.4. The average Bonchev–Trinajstić information content (AvgIpc) is 3.16. The van der Waals surface area contributed by atoms with Gasteiger partial charge in [0, 0.05) is 48.0 Å². The number of para-hydroxylation sites is 1. The van der Waals surface area contributed by atoms with Gasteiger partial charge in [-0.1, -0.05) is 25.1 Å². The first-order valence-electron chi connectivity index (χ1n) is 9.31. The molecule has 0 fully saturated rings. The number of benzene rings is 1. The fraction of sp³-hybridized carbons (Fsp3) is 0.429. The summed E-state index contributed by atoms with van der Waals surface area (Å²) in [5.41, 5.74) is 5.00. The lowest BCUT2D eigenvalue weighted by Crippen LogP contribution is -2.27. The van der Waals surface area contributed by atoms with Crippen molar-refractivity contribution in [3.63, 3.8) is 0 Å². The molecule has 3 aromatic rings. The molecule has 0 N–H and O–H groups in total. The van der Waals surface area contributed by atoms with Crippen LogP contribution in [0.3, 0.4) is 0 Å². The summed E-state index contributed by atoms with van der Waals surface area (Å²) in [6, 6.07) is 6.51. The lowest BCUT2D eigenvalue weighted by Gasteiger charge is -2.25. The summed E-state index contributed by atoms with van der Waals surface area (Å²) >= 11 is 0. The minimum absolute atomic E-state index is 0.0567. The van der Waals surface area contributed by atoms with Crippen molar-refractivity contribution in [3.8, 4) is 0 Å². The van der Waals surface area contributed by atoms with E-state index < -0.39 is 0 Å². The Morgan fingerprint density at radius 2 is 2.16 bits per heavy atom. The number of carbonyl (C=O) groups is 1. The highest BCUT2D eigenvalue weighted by molar-refractivity contribution is 6.12. The number of ketones is 1. The Balaban J connectivity index is 1.63. The monoisotopic (exact) mass is 333 g/mol. The lowest BCUT2D eigenvalue weighted by atomic mass is 9.84. The van der Waals surface area contributed by atoms with E-state index in [0.717, 1.165) is 37.3 Å². The molecule has 0 saturated heterocycles. The van der Waals surface area contributed by atoms with Gasteiger partial charge in [-0.2, -0.15) is 0 Å². The van der Waals surface area contributed by atoms with Crippen LogP contribution in [0.2, 0.25) is 0 Å². The van der Waals surface area contributed by atoms with E-state index in [1.54, 1.807) is 0 Å². The van der Waals surface area contributed by atoms with E-state index in [2.05, 4.69) is 39.2 Å². The topological polar surface area (TPSA) is 39.8 Å². The van der Waals surface area contributed by atoms with Crippen LogP contribution in [0.5, 0.6) is 0 Å². The van der Waals surface area contributed by atoms with Gasteiger partial charge in [-0.3, -0.25) is 4.79 Å². The Labute approximate surface area is 147 Å². The molecule has 3 heterocycles. The van der Waals surface area contributed by atoms with Crippen LogP contribution in [0, 0.1) is 12.8 Å². The molecule has 2 aromatic heterocycles. The third-order valence-electron chi connectivity index (χ3n) is 6.23. The van der Waals surface area contributed by atoms with Gasteiger partial charge in [-0.15, -0.1) is 0 Å². The fourth-order valence-corrected chi connectivity index (χ4v) is 4.80. The van der Waals surface area contributed by atoms with Crippen molar-refractivity contribution in [2.75, 3.05) is 0 Å². The van der Waals surface area contributed by atoms with Crippen molar-refractivity contribution in [3.05, 3.63) is 53.2 Å². The van der Waals surface area contributed by atoms with Crippen LogP contribution in [-0.4, -0.2) is 19.9 Å². The van der Waals surface area contributed by atoms with Crippen LogP contribution in [0.15, 0.2) is 30.6 Å². The summed E-state index contributed by atoms with van der Waals surface area (Å²) in [6.07, 6.45) is 6.90. The Hall–Kier alpha value is -2.36. The lowest BCUT2D eigenvalue weighted by molar-refractivity contribution is 0.0887. The Bertz CT molecular complexity index is 994. The van der Waals surface area contributed by atoms with E-state index in [9.17, 15) is 4.79 Å². The Morgan fingerprint density at radius 1 is 1.28 bits per heavy atom. The second-order valence-corrected chi connectivity index (χ2v) is 7.63. The first-order valence-corrected chi connectivity index (χ1v) is 9.31. The van der Waals surface area contributed by atoms with Crippen molar-refractivity contribution in [1.29, 1.82) is 0 Å². The number of carbonyl (C=O) groups excluding carboxylic acids is 1. The van der Waals surface area contributed by atoms with E-state index >= 15 is 0 Å². The van der Waals surface area contributed by atoms with Crippen molar-refractivity contribution in [2.24, 2.45) is 5.92 Å². The van der Waals surface area contributed by atoms with Gasteiger partial charge < -0.3 is 9.13 Å². The summed E-state index contributed by atoms with van der Waals surface area (Å²) < 4.78 is 4.55. The molecule has 0 saturated carbocycles. The van der Waals surface area contributed by atoms with Crippen molar-refractivity contribution in [2.45, 2.75) is 52.1 Å². The number of hydrogen-bond acceptors (Lipinski definition) is 2. The van der Waals surface area contributed by atoms with Crippen molar-refractivity contribution >= 4 is 16.7 Å². The third-order valence-corrected chi connectivity index (χ3v) is 6.23. The SMILES string of the molecule is Cc1nccn1C[C@H]1CCc2c(c3cccc4c3n2CC[C@@H]4C)C1=O. The van der Waals surface area contributed by atoms with E-state index in [-0.39, 0.29) is 5.92 Å². The number of hydrogen-bond donors (Lipinski definition) is 0. The summed E-state index contributed by atoms with van der Waals surface area (Å²) in [5.74, 6) is 1.94. The standard InChI is InChI=1S/C21H23N3O/c1-13-8-10-24-18-7-6-15(12-23-11-9-22-14(23)2)21(25)19(18)17-5-3-4-16(13)20(17)24/h3-5,9,11,13,15H,6-8,10,12H2,1-2H3/t13-,15+/m0/s1. The van der Waals surface area contributed by atoms with Crippen LogP contribution in [0.25, 0.3) is 10.9 Å². The molecule has 25 heavy (non-hydrogen) atoms. The van der Waals surface area contributed by atoms with Crippen molar-refractivity contribution < 1.29 is 4.79 Å². The largest absolute Gasteiger partial charge is 0.344 e. The second-order valence-electron chi connectivity index (χ2n) is 7.63. The molecule has 5 rings (SSSR count). The van der Waals surface area contributed by atoms with Gasteiger partial charge in [0.1, 0.15) is 5.82 Å². The van der Waals surface area contributed by atoms with Gasteiger partial charge in [-0.05, 0) is 37.7 Å². The maximum atomic E-state index is 13.4. The predicted octanol–water partition coefficient (Wildman–Crippen LogP) is 4.10. The first kappa shape index (κ1) is 14.9. The van der Waals surface area contributed by atoms with E-state index in [0.29, 0.717) is 11.7 Å². The van der Waals surface area contributed by atoms with Gasteiger partial charge in [0.25, 0.3) is 0 Å². The molecule has 4 heteroatoms. The van der Waals surface area contributed by atoms with Gasteiger partial charge in [-0.25, -0.2) is 4.98 Å². The number of aromatic nitrogens is 3. The number of rotatable bonds is 2. The van der Waals surface area contributed by atoms with Gasteiger partial charge in [0.15, 0.2) is 5.78 Å². The van der Waals surface area contributed by atoms with Crippen LogP contribution >= 0.6 is 0 Å². The van der Waals surface area contributed by atoms with E-state index in [4.69, 9.17) is 0 Å². The Kier molecular flexibility index (Phi) is 3.18. The maximum Gasteiger partial charge on any atom is 0.170 e. The highest BCUT2D eigenvalue weighted by atomic mass is 16.1. The average molecular weight is 333 g/mol. The molecule has 0 unspecified atom stereocenters. The minimum atomic E-state index is 0.0567. The molecule has 2 atom stereocenters. The van der Waals surface area contributed by atoms with Gasteiger partial charge in [0.05, 0.1) is 5.52 Å². The quantitative estimate of drug-likeness (QED) is 0.708. The summed E-state index contributed by atoms with van der Waals surface area (Å²) in [7, 11) is 0. The molecular weight excluding hydrogens is 310 g/mol. The fourth-order valence-electron chi connectivity index (χ4n) is 4.80. The molecular formula is C21H23N3O. The van der Waals surface area contributed by atoms with Gasteiger partial charge in [0.2, 0.25) is 0 Å². The molecule has 0 spiro atoms. The minimum Gasteiger partial charge on any atom is -0.344 e. The Morgan fingerprint density at radius 3 is 2.96 bits per heavy atom. The summed E-state index contributed by atoms with van der Waals surface area (Å²) in [5, 5.41) is 1.18. The number of Topliss-reactive ketones (excluding diaryl/α,β-unsaturated/α-hetero) is 1. The van der Waals surface area contributed by atoms with Crippen LogP contribution in [-0.2, 0) is 19.5 Å². The maximum absolute atomic E-state index is 13.4. The molecule has 0 radical (unpaired) electrons. The van der Waals surface area contributed by atoms with Crippen LogP contribution in [0.4, 0.5) is 0 Å². The summed E-state index contributed by atoms with van der Waals surface area (Å²) in [4.78, 5) is 17.7. The summed E-state index contributed by atoms with van der Waals surface area (Å²) in [6.45, 7) is 6.09. The van der Waals surface area contributed by atoms with Crippen LogP contribution in [0.1, 0.15) is 53.1 Å². The second kappa shape index (κ2) is 5.32. The van der Waals surface area contributed by atoms with Crippen molar-refractivity contribution in [1.82, 2.24) is 14.1 Å². The number of nitrogens with zero attached hydrogens (tertiary/aromatic N) is 3. The smallest absolute Gasteiger partial charge is 0.170 e. The van der Waals surface area contributed by atoms with E-state index in [1.807, 2.05) is 19.3 Å². The van der Waals surface area contributed by atoms with E-state index in [1.165, 1.54) is 28.6 Å². The molecule has 0 amide bonds. The molecule has 1 aliphatic carbocycles. The predicted molar refractivity (Wildman–Crippen MR) is 98.1 cm³/mol. The van der Waals surface area contributed by atoms with Gasteiger partial charge >= 0.3 is 0 Å². The van der Waals surface area contributed by atoms with Crippen LogP contribution < -0.4 is 0 Å². The molecule has 128 valence electrons. The number of aryl methyl sites for hydroxylation is 2. The highest BCUT2D eigenvalue weighted by Crippen LogP contribution is 2.41. The zero-order valence-electron chi connectivity index (χ0n) is 14.8. The molecule has 4 nitrogen and oxygen atoms in total. The number of imidazole rings is 1. The number of fused-ring (bicyclic) bond motifs is 3. The molecule has 1 aromatic carbocycles. The highest BCUT2D eigenvalue weighted by Gasteiger charge is 2.35. The zero-order valence-corrected chi connectivity index (χ0v) is 14.8. The third kappa shape index (κ3) is 2.06. The zero-order chi connectivity index (χ0) is 17.1. The molecule has 0 bridgehead atoms. The molecule has 1 aliphatic heterocycles. The molecule has 2 aliphatic rings. The first-order chi connectivity index (χ1) is 12.1.